The van der Waals surface area contributed by atoms with Crippen LogP contribution in [0.4, 0.5) is 0 Å². The number of benzene rings is 1. The van der Waals surface area contributed by atoms with Crippen LogP contribution in [0.2, 0.25) is 0 Å². The largest absolute Gasteiger partial charge is 0.294 e. The van der Waals surface area contributed by atoms with Crippen LogP contribution in [-0.2, 0) is 0 Å². The van der Waals surface area contributed by atoms with Crippen LogP contribution < -0.4 is 16.4 Å². The molecule has 62 valence electrons. The summed E-state index contributed by atoms with van der Waals surface area (Å²) in [6.07, 6.45) is 1.95. The van der Waals surface area contributed by atoms with E-state index in [0.29, 0.717) is 0 Å². The summed E-state index contributed by atoms with van der Waals surface area (Å²) < 4.78 is 0. The molecule has 2 rings (SSSR count). The Kier molecular flexibility index (Phi) is 1.59. The van der Waals surface area contributed by atoms with Gasteiger partial charge in [-0.1, -0.05) is 18.2 Å². The third kappa shape index (κ3) is 1.08. The Bertz CT molecular complexity index is 357. The smallest absolute Gasteiger partial charge is 0.132 e. The van der Waals surface area contributed by atoms with Crippen LogP contribution in [0, 0.1) is 0 Å². The van der Waals surface area contributed by atoms with Crippen molar-refractivity contribution in [1.82, 2.24) is 5.01 Å². The van der Waals surface area contributed by atoms with Crippen LogP contribution in [0.5, 0.6) is 0 Å². The van der Waals surface area contributed by atoms with E-state index in [1.165, 1.54) is 0 Å². The first kappa shape index (κ1) is 7.31. The highest BCUT2D eigenvalue weighted by Crippen LogP contribution is 1.95. The molecule has 2 N–H and O–H groups in total. The van der Waals surface area contributed by atoms with Gasteiger partial charge in [0.25, 0.3) is 0 Å². The summed E-state index contributed by atoms with van der Waals surface area (Å²) in [6.45, 7) is 1.96. The molecule has 0 fully saturated rings. The molecule has 1 aliphatic rings. The minimum Gasteiger partial charge on any atom is -0.294 e. The lowest BCUT2D eigenvalue weighted by Crippen LogP contribution is -2.43. The van der Waals surface area contributed by atoms with E-state index in [4.69, 9.17) is 5.84 Å². The van der Waals surface area contributed by atoms with Gasteiger partial charge in [0.2, 0.25) is 0 Å². The summed E-state index contributed by atoms with van der Waals surface area (Å²) in [4.78, 5) is 4.40. The van der Waals surface area contributed by atoms with E-state index in [1.807, 2.05) is 37.4 Å². The molecule has 0 amide bonds. The first-order valence-electron chi connectivity index (χ1n) is 3.95. The molecule has 0 radical (unpaired) electrons. The lowest BCUT2D eigenvalue weighted by Gasteiger charge is -2.21. The quantitative estimate of drug-likeness (QED) is 0.525. The Morgan fingerprint density at radius 1 is 1.42 bits per heavy atom. The maximum Gasteiger partial charge on any atom is 0.132 e. The number of hydrogen-bond acceptors (Lipinski definition) is 3. The standard InChI is InChI=1S/C9H11N3/c1-7-11-9-5-3-2-4-8(9)6-12(7)10/h2-7H,10H2,1H3. The molecule has 1 unspecified atom stereocenters. The van der Waals surface area contributed by atoms with Crippen molar-refractivity contribution < 1.29 is 0 Å². The molecule has 0 saturated heterocycles. The van der Waals surface area contributed by atoms with E-state index in [2.05, 4.69) is 4.99 Å². The summed E-state index contributed by atoms with van der Waals surface area (Å²) in [5, 5.41) is 3.72. The minimum absolute atomic E-state index is 0.0416. The molecule has 1 heterocycles. The fraction of sp³-hybridized carbons (Fsp3) is 0.222. The molecule has 1 atom stereocenters. The van der Waals surface area contributed by atoms with Gasteiger partial charge in [0, 0.05) is 11.4 Å². The van der Waals surface area contributed by atoms with E-state index in [-0.39, 0.29) is 6.17 Å². The summed E-state index contributed by atoms with van der Waals surface area (Å²) in [6, 6.07) is 7.96. The van der Waals surface area contributed by atoms with Crippen LogP contribution in [0.3, 0.4) is 0 Å². The summed E-state index contributed by atoms with van der Waals surface area (Å²) in [7, 11) is 0. The van der Waals surface area contributed by atoms with Gasteiger partial charge in [0.05, 0.1) is 5.36 Å². The molecule has 0 bridgehead atoms. The van der Waals surface area contributed by atoms with Crippen LogP contribution in [-0.4, -0.2) is 11.2 Å². The number of nitrogens with zero attached hydrogens (tertiary/aromatic N) is 2. The molecular formula is C9H11N3. The van der Waals surface area contributed by atoms with Crippen molar-refractivity contribution in [3.63, 3.8) is 0 Å². The molecule has 3 nitrogen and oxygen atoms in total. The summed E-state index contributed by atoms with van der Waals surface area (Å²) in [5.41, 5.74) is 0. The molecule has 0 spiro atoms. The Hall–Kier alpha value is -1.35. The van der Waals surface area contributed by atoms with Crippen molar-refractivity contribution in [2.75, 3.05) is 0 Å². The van der Waals surface area contributed by atoms with Crippen LogP contribution in [0.25, 0.3) is 6.20 Å². The predicted molar refractivity (Wildman–Crippen MR) is 47.2 cm³/mol. The normalized spacial score (nSPS) is 20.8. The Morgan fingerprint density at radius 2 is 2.17 bits per heavy atom. The highest BCUT2D eigenvalue weighted by Gasteiger charge is 2.06. The molecule has 0 aliphatic carbocycles. The fourth-order valence-electron chi connectivity index (χ4n) is 1.25. The molecule has 1 aromatic carbocycles. The number of para-hydroxylation sites is 1. The molecule has 3 heteroatoms. The van der Waals surface area contributed by atoms with Crippen LogP contribution in [0.1, 0.15) is 6.92 Å². The van der Waals surface area contributed by atoms with Gasteiger partial charge in [-0.25, -0.2) is 5.84 Å². The summed E-state index contributed by atoms with van der Waals surface area (Å²) in [5.74, 6) is 5.68. The van der Waals surface area contributed by atoms with Gasteiger partial charge >= 0.3 is 0 Å². The van der Waals surface area contributed by atoms with Gasteiger partial charge in [0.1, 0.15) is 6.17 Å². The van der Waals surface area contributed by atoms with E-state index in [9.17, 15) is 0 Å². The van der Waals surface area contributed by atoms with Gasteiger partial charge in [-0.15, -0.1) is 0 Å². The van der Waals surface area contributed by atoms with Crippen molar-refractivity contribution in [2.45, 2.75) is 13.1 Å². The number of hydrazine groups is 1. The zero-order valence-electron chi connectivity index (χ0n) is 6.94. The van der Waals surface area contributed by atoms with Crippen molar-refractivity contribution in [3.05, 3.63) is 34.8 Å². The van der Waals surface area contributed by atoms with Gasteiger partial charge in [-0.05, 0) is 13.0 Å². The van der Waals surface area contributed by atoms with E-state index >= 15 is 0 Å². The second-order valence-corrected chi connectivity index (χ2v) is 2.90. The second kappa shape index (κ2) is 2.60. The third-order valence-electron chi connectivity index (χ3n) is 1.98. The topological polar surface area (TPSA) is 41.6 Å². The third-order valence-corrected chi connectivity index (χ3v) is 1.98. The Balaban J connectivity index is 2.70. The fourth-order valence-corrected chi connectivity index (χ4v) is 1.25. The number of rotatable bonds is 0. The van der Waals surface area contributed by atoms with Crippen molar-refractivity contribution in [1.29, 1.82) is 0 Å². The predicted octanol–water partition coefficient (Wildman–Crippen LogP) is -0.420. The lowest BCUT2D eigenvalue weighted by molar-refractivity contribution is 0.332. The van der Waals surface area contributed by atoms with E-state index < -0.39 is 0 Å². The molecular weight excluding hydrogens is 150 g/mol. The second-order valence-electron chi connectivity index (χ2n) is 2.90. The summed E-state index contributed by atoms with van der Waals surface area (Å²) >= 11 is 0. The van der Waals surface area contributed by atoms with Gasteiger partial charge < -0.3 is 0 Å². The average Bonchev–Trinajstić information content (AvgIpc) is 2.07. The number of hydrogen-bond donors (Lipinski definition) is 1. The average molecular weight is 161 g/mol. The van der Waals surface area contributed by atoms with Crippen LogP contribution >= 0.6 is 0 Å². The van der Waals surface area contributed by atoms with Crippen molar-refractivity contribution in [3.8, 4) is 0 Å². The monoisotopic (exact) mass is 161 g/mol. The Labute approximate surface area is 70.8 Å². The first-order chi connectivity index (χ1) is 5.77. The SMILES string of the molecule is CC1N=c2ccccc2=CN1N. The molecule has 1 aliphatic heterocycles. The van der Waals surface area contributed by atoms with Gasteiger partial charge in [0.15, 0.2) is 0 Å². The molecule has 0 saturated carbocycles. The van der Waals surface area contributed by atoms with Crippen molar-refractivity contribution in [2.24, 2.45) is 10.8 Å². The number of fused-ring (bicyclic) bond motifs is 1. The Morgan fingerprint density at radius 3 is 3.00 bits per heavy atom. The molecule has 0 aromatic heterocycles. The maximum absolute atomic E-state index is 5.68. The van der Waals surface area contributed by atoms with Gasteiger partial charge in [-0.2, -0.15) is 0 Å². The highest BCUT2D eigenvalue weighted by molar-refractivity contribution is 5.23. The first-order valence-corrected chi connectivity index (χ1v) is 3.95. The molecule has 12 heavy (non-hydrogen) atoms. The van der Waals surface area contributed by atoms with Crippen molar-refractivity contribution >= 4 is 6.20 Å². The minimum atomic E-state index is 0.0416. The molecule has 1 aromatic rings. The highest BCUT2D eigenvalue weighted by atomic mass is 15.4. The van der Waals surface area contributed by atoms with E-state index in [0.717, 1.165) is 10.6 Å². The van der Waals surface area contributed by atoms with Gasteiger partial charge in [-0.3, -0.25) is 10.0 Å². The number of nitrogens with two attached hydrogens (primary N) is 1. The lowest BCUT2D eigenvalue weighted by atomic mass is 10.2. The maximum atomic E-state index is 5.68. The van der Waals surface area contributed by atoms with Crippen LogP contribution in [0.15, 0.2) is 29.3 Å². The zero-order chi connectivity index (χ0) is 8.55. The zero-order valence-corrected chi connectivity index (χ0v) is 6.94. The van der Waals surface area contributed by atoms with E-state index in [1.54, 1.807) is 5.01 Å².